The predicted octanol–water partition coefficient (Wildman–Crippen LogP) is 4.61. The number of nitrogens with one attached hydrogen (secondary N) is 2. The average molecular weight is 415 g/mol. The Kier molecular flexibility index (Phi) is 7.39. The molecule has 27 heavy (non-hydrogen) atoms. The number of urea groups is 1. The number of hydrogen-bond acceptors (Lipinski definition) is 4. The van der Waals surface area contributed by atoms with Gasteiger partial charge in [-0.3, -0.25) is 0 Å². The van der Waals surface area contributed by atoms with Crippen molar-refractivity contribution in [1.82, 2.24) is 10.6 Å². The minimum Gasteiger partial charge on any atom is -0.490 e. The largest absolute Gasteiger partial charge is 0.490 e. The van der Waals surface area contributed by atoms with Gasteiger partial charge < -0.3 is 20.1 Å². The van der Waals surface area contributed by atoms with Crippen LogP contribution in [0.25, 0.3) is 0 Å². The van der Waals surface area contributed by atoms with E-state index in [1.807, 2.05) is 20.8 Å². The number of esters is 1. The van der Waals surface area contributed by atoms with Crippen LogP contribution in [0.5, 0.6) is 5.75 Å². The van der Waals surface area contributed by atoms with E-state index in [9.17, 15) is 9.59 Å². The number of halogens is 2. The van der Waals surface area contributed by atoms with Crippen molar-refractivity contribution in [2.24, 2.45) is 5.92 Å². The van der Waals surface area contributed by atoms with Gasteiger partial charge in [0.15, 0.2) is 5.75 Å². The summed E-state index contributed by atoms with van der Waals surface area (Å²) >= 11 is 12.6. The third-order valence-electron chi connectivity index (χ3n) is 3.84. The maximum Gasteiger partial charge on any atom is 0.338 e. The van der Waals surface area contributed by atoms with E-state index >= 15 is 0 Å². The number of rotatable bonds is 7. The highest BCUT2D eigenvalue weighted by molar-refractivity contribution is 6.37. The molecule has 1 aromatic rings. The van der Waals surface area contributed by atoms with Crippen LogP contribution >= 0.6 is 23.2 Å². The molecule has 2 rings (SSSR count). The summed E-state index contributed by atoms with van der Waals surface area (Å²) in [4.78, 5) is 24.6. The Morgan fingerprint density at radius 2 is 1.89 bits per heavy atom. The van der Waals surface area contributed by atoms with Crippen molar-refractivity contribution in [2.75, 3.05) is 13.2 Å². The second-order valence-corrected chi connectivity index (χ2v) is 7.54. The summed E-state index contributed by atoms with van der Waals surface area (Å²) in [6.45, 7) is 8.28. The van der Waals surface area contributed by atoms with E-state index in [4.69, 9.17) is 32.7 Å². The number of carbonyl (C=O) groups is 2. The summed E-state index contributed by atoms with van der Waals surface area (Å²) in [6, 6.07) is 2.13. The lowest BCUT2D eigenvalue weighted by Gasteiger charge is -2.28. The van der Waals surface area contributed by atoms with E-state index < -0.39 is 18.0 Å². The summed E-state index contributed by atoms with van der Waals surface area (Å²) in [5.41, 5.74) is 1.31. The first-order chi connectivity index (χ1) is 12.7. The van der Waals surface area contributed by atoms with Crippen LogP contribution in [-0.2, 0) is 9.53 Å². The van der Waals surface area contributed by atoms with Crippen molar-refractivity contribution in [3.05, 3.63) is 39.0 Å². The van der Waals surface area contributed by atoms with Crippen LogP contribution in [0, 0.1) is 5.92 Å². The van der Waals surface area contributed by atoms with Crippen LogP contribution in [0.3, 0.4) is 0 Å². The van der Waals surface area contributed by atoms with Gasteiger partial charge in [0.25, 0.3) is 0 Å². The minimum absolute atomic E-state index is 0.193. The van der Waals surface area contributed by atoms with Gasteiger partial charge >= 0.3 is 12.0 Å². The maximum atomic E-state index is 12.6. The summed E-state index contributed by atoms with van der Waals surface area (Å²) in [5, 5.41) is 5.96. The standard InChI is InChI=1S/C19H24Cl2N2O4/c1-5-6-26-17-13(20)7-12(8-14(17)21)16-15(11(4)22-19(25)23-16)18(24)27-9-10(2)3/h7-8,10,16H,5-6,9H2,1-4H3,(H2,22,23,25). The molecule has 0 saturated heterocycles. The van der Waals surface area contributed by atoms with Gasteiger partial charge in [0, 0.05) is 5.70 Å². The number of amides is 2. The molecule has 1 aromatic carbocycles. The monoisotopic (exact) mass is 414 g/mol. The molecule has 1 atom stereocenters. The summed E-state index contributed by atoms with van der Waals surface area (Å²) in [6.07, 6.45) is 0.812. The van der Waals surface area contributed by atoms with Gasteiger partial charge in [-0.25, -0.2) is 9.59 Å². The fourth-order valence-corrected chi connectivity index (χ4v) is 3.24. The van der Waals surface area contributed by atoms with Crippen molar-refractivity contribution in [1.29, 1.82) is 0 Å². The van der Waals surface area contributed by atoms with Crippen LogP contribution in [0.15, 0.2) is 23.4 Å². The summed E-state index contributed by atoms with van der Waals surface area (Å²) < 4.78 is 10.9. The van der Waals surface area contributed by atoms with E-state index in [0.29, 0.717) is 39.2 Å². The van der Waals surface area contributed by atoms with E-state index in [1.165, 1.54) is 0 Å². The molecule has 1 aliphatic heterocycles. The average Bonchev–Trinajstić information content (AvgIpc) is 2.58. The van der Waals surface area contributed by atoms with Gasteiger partial charge in [0.1, 0.15) is 0 Å². The number of allylic oxidation sites excluding steroid dienone is 1. The molecule has 8 heteroatoms. The van der Waals surface area contributed by atoms with Gasteiger partial charge in [0.2, 0.25) is 0 Å². The molecular weight excluding hydrogens is 391 g/mol. The third kappa shape index (κ3) is 5.30. The van der Waals surface area contributed by atoms with Crippen molar-refractivity contribution >= 4 is 35.2 Å². The summed E-state index contributed by atoms with van der Waals surface area (Å²) in [5.74, 6) is 0.0735. The molecule has 0 radical (unpaired) electrons. The topological polar surface area (TPSA) is 76.7 Å². The fourth-order valence-electron chi connectivity index (χ4n) is 2.62. The quantitative estimate of drug-likeness (QED) is 0.638. The van der Waals surface area contributed by atoms with Crippen molar-refractivity contribution in [2.45, 2.75) is 40.2 Å². The molecule has 0 saturated carbocycles. The number of hydrogen-bond donors (Lipinski definition) is 2. The van der Waals surface area contributed by atoms with Gasteiger partial charge in [-0.2, -0.15) is 0 Å². The first kappa shape index (κ1) is 21.4. The normalized spacial score (nSPS) is 16.9. The van der Waals surface area contributed by atoms with Gasteiger partial charge in [-0.15, -0.1) is 0 Å². The van der Waals surface area contributed by atoms with Crippen molar-refractivity contribution in [3.63, 3.8) is 0 Å². The predicted molar refractivity (Wildman–Crippen MR) is 105 cm³/mol. The Bertz CT molecular complexity index is 739. The Morgan fingerprint density at radius 1 is 1.26 bits per heavy atom. The molecule has 0 spiro atoms. The van der Waals surface area contributed by atoms with Gasteiger partial charge in [-0.1, -0.05) is 44.0 Å². The lowest BCUT2D eigenvalue weighted by molar-refractivity contribution is -0.140. The van der Waals surface area contributed by atoms with Crippen LogP contribution in [0.2, 0.25) is 10.0 Å². The van der Waals surface area contributed by atoms with Crippen molar-refractivity contribution < 1.29 is 19.1 Å². The Morgan fingerprint density at radius 3 is 2.44 bits per heavy atom. The first-order valence-electron chi connectivity index (χ1n) is 8.81. The molecule has 1 heterocycles. The highest BCUT2D eigenvalue weighted by Crippen LogP contribution is 2.38. The lowest BCUT2D eigenvalue weighted by Crippen LogP contribution is -2.45. The molecule has 1 unspecified atom stereocenters. The van der Waals surface area contributed by atoms with Crippen molar-refractivity contribution in [3.8, 4) is 5.75 Å². The Balaban J connectivity index is 2.40. The summed E-state index contributed by atoms with van der Waals surface area (Å²) in [7, 11) is 0. The van der Waals surface area contributed by atoms with E-state index in [-0.39, 0.29) is 12.5 Å². The van der Waals surface area contributed by atoms with Crippen LogP contribution in [0.4, 0.5) is 4.79 Å². The van der Waals surface area contributed by atoms with Crippen LogP contribution in [-0.4, -0.2) is 25.2 Å². The Labute approximate surface area is 169 Å². The molecule has 0 bridgehead atoms. The molecule has 0 aliphatic carbocycles. The molecule has 1 aliphatic rings. The SMILES string of the molecule is CCCOc1c(Cl)cc(C2NC(=O)NC(C)=C2C(=O)OCC(C)C)cc1Cl. The lowest BCUT2D eigenvalue weighted by atomic mass is 9.95. The third-order valence-corrected chi connectivity index (χ3v) is 4.40. The second-order valence-electron chi connectivity index (χ2n) is 6.72. The van der Waals surface area contributed by atoms with E-state index in [0.717, 1.165) is 6.42 Å². The Hall–Kier alpha value is -1.92. The highest BCUT2D eigenvalue weighted by atomic mass is 35.5. The molecule has 2 amide bonds. The zero-order valence-electron chi connectivity index (χ0n) is 15.8. The molecule has 0 aromatic heterocycles. The molecular formula is C19H24Cl2N2O4. The minimum atomic E-state index is -0.728. The van der Waals surface area contributed by atoms with Crippen LogP contribution in [0.1, 0.15) is 45.7 Å². The number of ether oxygens (including phenoxy) is 2. The molecule has 6 nitrogen and oxygen atoms in total. The van der Waals surface area contributed by atoms with E-state index in [2.05, 4.69) is 10.6 Å². The van der Waals surface area contributed by atoms with Crippen LogP contribution < -0.4 is 15.4 Å². The molecule has 0 fully saturated rings. The maximum absolute atomic E-state index is 12.6. The van der Waals surface area contributed by atoms with E-state index in [1.54, 1.807) is 19.1 Å². The molecule has 2 N–H and O–H groups in total. The zero-order valence-corrected chi connectivity index (χ0v) is 17.3. The molecule has 148 valence electrons. The second kappa shape index (κ2) is 9.33. The highest BCUT2D eigenvalue weighted by Gasteiger charge is 2.33. The smallest absolute Gasteiger partial charge is 0.338 e. The number of carbonyl (C=O) groups excluding carboxylic acids is 2. The van der Waals surface area contributed by atoms with Gasteiger partial charge in [-0.05, 0) is 37.0 Å². The van der Waals surface area contributed by atoms with Gasteiger partial charge in [0.05, 0.1) is 34.9 Å². The zero-order chi connectivity index (χ0) is 20.1. The first-order valence-corrected chi connectivity index (χ1v) is 9.57. The fraction of sp³-hybridized carbons (Fsp3) is 0.474. The number of benzene rings is 1.